The quantitative estimate of drug-likeness (QED) is 0.608. The van der Waals surface area contributed by atoms with Crippen LogP contribution in [0.1, 0.15) is 12.6 Å². The molecule has 2 aromatic rings. The van der Waals surface area contributed by atoms with Gasteiger partial charge < -0.3 is 4.40 Å². The maximum Gasteiger partial charge on any atom is 0.0993 e. The van der Waals surface area contributed by atoms with E-state index in [1.807, 2.05) is 16.8 Å². The minimum atomic E-state index is 0.954. The number of aromatic nitrogens is 3. The van der Waals surface area contributed by atoms with Gasteiger partial charge in [-0.3, -0.25) is 4.98 Å². The molecule has 0 unspecified atom stereocenters. The molecular weight excluding hydrogens is 138 g/mol. The van der Waals surface area contributed by atoms with Gasteiger partial charge in [0.25, 0.3) is 0 Å². The minimum Gasteiger partial charge on any atom is -0.303 e. The molecule has 0 atom stereocenters. The lowest BCUT2D eigenvalue weighted by Crippen LogP contribution is -1.91. The van der Waals surface area contributed by atoms with Gasteiger partial charge in [0.15, 0.2) is 0 Å². The maximum absolute atomic E-state index is 4.24. The van der Waals surface area contributed by atoms with E-state index in [0.29, 0.717) is 0 Å². The summed E-state index contributed by atoms with van der Waals surface area (Å²) < 4.78 is 1.98. The summed E-state index contributed by atoms with van der Waals surface area (Å²) in [6.07, 6.45) is 8.28. The zero-order chi connectivity index (χ0) is 7.68. The molecule has 0 saturated heterocycles. The Labute approximate surface area is 64.7 Å². The SMILES string of the molecule is CCc1nccn2cncc12. The van der Waals surface area contributed by atoms with Crippen LogP contribution in [0.15, 0.2) is 24.9 Å². The maximum atomic E-state index is 4.24. The Morgan fingerprint density at radius 2 is 2.45 bits per heavy atom. The smallest absolute Gasteiger partial charge is 0.0993 e. The molecule has 0 aromatic carbocycles. The second kappa shape index (κ2) is 2.34. The van der Waals surface area contributed by atoms with E-state index < -0.39 is 0 Å². The molecule has 0 aliphatic rings. The molecule has 3 nitrogen and oxygen atoms in total. The zero-order valence-corrected chi connectivity index (χ0v) is 6.36. The van der Waals surface area contributed by atoms with Crippen LogP contribution >= 0.6 is 0 Å². The molecule has 2 aromatic heterocycles. The van der Waals surface area contributed by atoms with E-state index in [-0.39, 0.29) is 0 Å². The third kappa shape index (κ3) is 0.888. The average molecular weight is 147 g/mol. The van der Waals surface area contributed by atoms with Gasteiger partial charge in [0.2, 0.25) is 0 Å². The van der Waals surface area contributed by atoms with Gasteiger partial charge in [-0.05, 0) is 6.42 Å². The third-order valence-electron chi connectivity index (χ3n) is 1.75. The number of rotatable bonds is 1. The van der Waals surface area contributed by atoms with Crippen LogP contribution in [0.5, 0.6) is 0 Å². The van der Waals surface area contributed by atoms with Crippen LogP contribution in [0.3, 0.4) is 0 Å². The van der Waals surface area contributed by atoms with Crippen molar-refractivity contribution in [2.24, 2.45) is 0 Å². The first-order valence-corrected chi connectivity index (χ1v) is 3.67. The van der Waals surface area contributed by atoms with Crippen molar-refractivity contribution in [2.75, 3.05) is 0 Å². The Bertz CT molecular complexity index is 364. The van der Waals surface area contributed by atoms with Crippen LogP contribution in [-0.2, 0) is 6.42 Å². The Hall–Kier alpha value is -1.38. The van der Waals surface area contributed by atoms with Crippen molar-refractivity contribution in [1.82, 2.24) is 14.4 Å². The van der Waals surface area contributed by atoms with Crippen molar-refractivity contribution in [3.8, 4) is 0 Å². The second-order valence-electron chi connectivity index (χ2n) is 2.41. The molecule has 2 heterocycles. The van der Waals surface area contributed by atoms with Crippen molar-refractivity contribution in [3.63, 3.8) is 0 Å². The molecule has 0 fully saturated rings. The number of aryl methyl sites for hydroxylation is 1. The first kappa shape index (κ1) is 6.34. The molecule has 2 rings (SSSR count). The molecule has 3 heteroatoms. The fourth-order valence-electron chi connectivity index (χ4n) is 1.18. The molecule has 11 heavy (non-hydrogen) atoms. The molecule has 0 amide bonds. The molecule has 0 spiro atoms. The van der Waals surface area contributed by atoms with Crippen LogP contribution in [0.25, 0.3) is 5.52 Å². The normalized spacial score (nSPS) is 10.6. The summed E-state index contributed by atoms with van der Waals surface area (Å²) in [5.41, 5.74) is 2.21. The van der Waals surface area contributed by atoms with Crippen molar-refractivity contribution >= 4 is 5.52 Å². The molecule has 56 valence electrons. The lowest BCUT2D eigenvalue weighted by Gasteiger charge is -1.97. The molecule has 0 aliphatic carbocycles. The van der Waals surface area contributed by atoms with Gasteiger partial charge in [0, 0.05) is 12.4 Å². The van der Waals surface area contributed by atoms with E-state index in [2.05, 4.69) is 16.9 Å². The van der Waals surface area contributed by atoms with E-state index in [9.17, 15) is 0 Å². The van der Waals surface area contributed by atoms with Crippen molar-refractivity contribution in [1.29, 1.82) is 0 Å². The third-order valence-corrected chi connectivity index (χ3v) is 1.75. The van der Waals surface area contributed by atoms with Gasteiger partial charge in [-0.15, -0.1) is 0 Å². The fourth-order valence-corrected chi connectivity index (χ4v) is 1.18. The highest BCUT2D eigenvalue weighted by atomic mass is 15.0. The summed E-state index contributed by atoms with van der Waals surface area (Å²) in [5.74, 6) is 0. The zero-order valence-electron chi connectivity index (χ0n) is 6.36. The van der Waals surface area contributed by atoms with Gasteiger partial charge in [-0.2, -0.15) is 0 Å². The van der Waals surface area contributed by atoms with E-state index in [4.69, 9.17) is 0 Å². The van der Waals surface area contributed by atoms with Crippen LogP contribution in [0.2, 0.25) is 0 Å². The Morgan fingerprint density at radius 1 is 1.55 bits per heavy atom. The van der Waals surface area contributed by atoms with Crippen LogP contribution < -0.4 is 0 Å². The molecule has 0 saturated carbocycles. The molecule has 0 N–H and O–H groups in total. The predicted molar refractivity (Wildman–Crippen MR) is 42.4 cm³/mol. The van der Waals surface area contributed by atoms with Crippen molar-refractivity contribution < 1.29 is 0 Å². The first-order chi connectivity index (χ1) is 5.42. The average Bonchev–Trinajstić information content (AvgIpc) is 2.50. The second-order valence-corrected chi connectivity index (χ2v) is 2.41. The van der Waals surface area contributed by atoms with E-state index in [1.165, 1.54) is 0 Å². The topological polar surface area (TPSA) is 30.2 Å². The van der Waals surface area contributed by atoms with E-state index >= 15 is 0 Å². The van der Waals surface area contributed by atoms with Crippen molar-refractivity contribution in [2.45, 2.75) is 13.3 Å². The van der Waals surface area contributed by atoms with Crippen molar-refractivity contribution in [3.05, 3.63) is 30.6 Å². The van der Waals surface area contributed by atoms with Gasteiger partial charge >= 0.3 is 0 Å². The van der Waals surface area contributed by atoms with Crippen LogP contribution in [0, 0.1) is 0 Å². The highest BCUT2D eigenvalue weighted by Crippen LogP contribution is 2.06. The summed E-state index contributed by atoms with van der Waals surface area (Å²) in [6.45, 7) is 2.09. The lowest BCUT2D eigenvalue weighted by atomic mass is 10.3. The summed E-state index contributed by atoms with van der Waals surface area (Å²) in [4.78, 5) is 8.27. The number of imidazole rings is 1. The minimum absolute atomic E-state index is 0.954. The van der Waals surface area contributed by atoms with Gasteiger partial charge in [-0.1, -0.05) is 6.92 Å². The summed E-state index contributed by atoms with van der Waals surface area (Å²) in [6, 6.07) is 0. The molecule has 0 aliphatic heterocycles. The molecular formula is C8H9N3. The number of fused-ring (bicyclic) bond motifs is 1. The highest BCUT2D eigenvalue weighted by molar-refractivity contribution is 5.49. The predicted octanol–water partition coefficient (Wildman–Crippen LogP) is 1.29. The lowest BCUT2D eigenvalue weighted by molar-refractivity contribution is 1.00. The standard InChI is InChI=1S/C8H9N3/c1-2-7-8-5-9-6-11(8)4-3-10-7/h3-6H,2H2,1H3. The Kier molecular flexibility index (Phi) is 1.35. The first-order valence-electron chi connectivity index (χ1n) is 3.67. The fraction of sp³-hybridized carbons (Fsp3) is 0.250. The highest BCUT2D eigenvalue weighted by Gasteiger charge is 1.98. The van der Waals surface area contributed by atoms with Gasteiger partial charge in [0.05, 0.1) is 23.7 Å². The van der Waals surface area contributed by atoms with E-state index in [1.54, 1.807) is 12.5 Å². The van der Waals surface area contributed by atoms with Gasteiger partial charge in [0.1, 0.15) is 0 Å². The molecule has 0 bridgehead atoms. The van der Waals surface area contributed by atoms with Gasteiger partial charge in [-0.25, -0.2) is 4.98 Å². The number of nitrogens with zero attached hydrogens (tertiary/aromatic N) is 3. The summed E-state index contributed by atoms with van der Waals surface area (Å²) in [7, 11) is 0. The Morgan fingerprint density at radius 3 is 3.27 bits per heavy atom. The largest absolute Gasteiger partial charge is 0.303 e. The summed E-state index contributed by atoms with van der Waals surface area (Å²) >= 11 is 0. The summed E-state index contributed by atoms with van der Waals surface area (Å²) in [5, 5.41) is 0. The van der Waals surface area contributed by atoms with E-state index in [0.717, 1.165) is 17.6 Å². The Balaban J connectivity index is 2.79. The monoisotopic (exact) mass is 147 g/mol. The van der Waals surface area contributed by atoms with Crippen LogP contribution in [-0.4, -0.2) is 14.4 Å². The number of hydrogen-bond acceptors (Lipinski definition) is 2. The number of hydrogen-bond donors (Lipinski definition) is 0. The van der Waals surface area contributed by atoms with Crippen LogP contribution in [0.4, 0.5) is 0 Å². The molecule has 0 radical (unpaired) electrons.